The lowest BCUT2D eigenvalue weighted by molar-refractivity contribution is 1.03. The van der Waals surface area contributed by atoms with Gasteiger partial charge in [0, 0.05) is 16.1 Å². The largest absolute Gasteiger partial charge is 0.282 e. The number of hydrazine groups is 1. The minimum Gasteiger partial charge on any atom is -0.282 e. The predicted octanol–water partition coefficient (Wildman–Crippen LogP) is 5.78. The fourth-order valence-electron chi connectivity index (χ4n) is 2.82. The van der Waals surface area contributed by atoms with Crippen LogP contribution in [-0.2, 0) is 0 Å². The van der Waals surface area contributed by atoms with Gasteiger partial charge in [-0.05, 0) is 30.3 Å². The van der Waals surface area contributed by atoms with Crippen LogP contribution in [0.5, 0.6) is 0 Å². The zero-order chi connectivity index (χ0) is 20.1. The first-order valence-corrected chi connectivity index (χ1v) is 9.33. The molecule has 0 unspecified atom stereocenters. The normalized spacial score (nSPS) is 10.2. The Morgan fingerprint density at radius 3 is 1.90 bits per heavy atom. The van der Waals surface area contributed by atoms with Gasteiger partial charge in [-0.25, -0.2) is 9.97 Å². The van der Waals surface area contributed by atoms with E-state index in [9.17, 15) is 5.26 Å². The van der Waals surface area contributed by atoms with E-state index in [2.05, 4.69) is 21.6 Å². The summed E-state index contributed by atoms with van der Waals surface area (Å²) in [6.45, 7) is 0. The summed E-state index contributed by atoms with van der Waals surface area (Å²) in [5.74, 6) is 0.252. The Kier molecular flexibility index (Phi) is 5.37. The molecule has 1 heterocycles. The first-order valence-electron chi connectivity index (χ1n) is 8.95. The molecule has 0 aliphatic rings. The predicted molar refractivity (Wildman–Crippen MR) is 116 cm³/mol. The molecule has 0 aliphatic heterocycles. The number of nitrogens with one attached hydrogen (secondary N) is 1. The molecule has 0 fully saturated rings. The second-order valence-corrected chi connectivity index (χ2v) is 6.66. The van der Waals surface area contributed by atoms with Crippen molar-refractivity contribution < 1.29 is 0 Å². The van der Waals surface area contributed by atoms with E-state index in [1.165, 1.54) is 5.01 Å². The van der Waals surface area contributed by atoms with Crippen molar-refractivity contribution in [2.75, 3.05) is 10.4 Å². The summed E-state index contributed by atoms with van der Waals surface area (Å²) in [5.41, 5.74) is 7.03. The second kappa shape index (κ2) is 8.42. The molecule has 140 valence electrons. The molecule has 0 atom stereocenters. The van der Waals surface area contributed by atoms with Gasteiger partial charge in [0.25, 0.3) is 5.95 Å². The van der Waals surface area contributed by atoms with E-state index in [-0.39, 0.29) is 5.95 Å². The second-order valence-electron chi connectivity index (χ2n) is 6.22. The molecule has 0 amide bonds. The third kappa shape index (κ3) is 4.34. The molecule has 0 aliphatic carbocycles. The Hall–Kier alpha value is -3.88. The molecule has 29 heavy (non-hydrogen) atoms. The molecule has 1 aromatic heterocycles. The van der Waals surface area contributed by atoms with Crippen LogP contribution in [0.25, 0.3) is 22.5 Å². The summed E-state index contributed by atoms with van der Waals surface area (Å²) >= 11 is 6.03. The Morgan fingerprint density at radius 2 is 1.31 bits per heavy atom. The minimum atomic E-state index is 0.252. The third-order valence-electron chi connectivity index (χ3n) is 4.24. The van der Waals surface area contributed by atoms with E-state index >= 15 is 0 Å². The highest BCUT2D eigenvalue weighted by Crippen LogP contribution is 2.27. The molecule has 5 nitrogen and oxygen atoms in total. The van der Waals surface area contributed by atoms with Gasteiger partial charge in [-0.2, -0.15) is 10.3 Å². The Morgan fingerprint density at radius 1 is 0.759 bits per heavy atom. The van der Waals surface area contributed by atoms with E-state index < -0.39 is 0 Å². The van der Waals surface area contributed by atoms with Crippen LogP contribution in [0.1, 0.15) is 0 Å². The molecule has 6 heteroatoms. The number of para-hydroxylation sites is 1. The number of aromatic nitrogens is 2. The van der Waals surface area contributed by atoms with Crippen LogP contribution in [0.15, 0.2) is 91.0 Å². The van der Waals surface area contributed by atoms with Crippen molar-refractivity contribution in [3.05, 3.63) is 96.0 Å². The van der Waals surface area contributed by atoms with Gasteiger partial charge in [0.1, 0.15) is 0 Å². The maximum atomic E-state index is 9.72. The van der Waals surface area contributed by atoms with Crippen molar-refractivity contribution in [2.45, 2.75) is 0 Å². The van der Waals surface area contributed by atoms with Gasteiger partial charge >= 0.3 is 0 Å². The molecule has 0 saturated heterocycles. The zero-order valence-corrected chi connectivity index (χ0v) is 16.1. The Bertz CT molecular complexity index is 1140. The average Bonchev–Trinajstić information content (AvgIpc) is 2.79. The van der Waals surface area contributed by atoms with Gasteiger partial charge in [-0.3, -0.25) is 5.43 Å². The average molecular weight is 398 g/mol. The molecule has 3 aromatic carbocycles. The van der Waals surface area contributed by atoms with Gasteiger partial charge in [0.15, 0.2) is 0 Å². The maximum Gasteiger partial charge on any atom is 0.259 e. The zero-order valence-electron chi connectivity index (χ0n) is 15.3. The summed E-state index contributed by atoms with van der Waals surface area (Å²) in [6.07, 6.45) is 2.11. The van der Waals surface area contributed by atoms with Crippen LogP contribution in [0.3, 0.4) is 0 Å². The number of anilines is 2. The lowest BCUT2D eigenvalue weighted by Gasteiger charge is -2.17. The van der Waals surface area contributed by atoms with Gasteiger partial charge in [0.05, 0.1) is 17.1 Å². The van der Waals surface area contributed by atoms with Crippen molar-refractivity contribution in [2.24, 2.45) is 0 Å². The van der Waals surface area contributed by atoms with Crippen molar-refractivity contribution in [1.82, 2.24) is 9.97 Å². The molecule has 1 N–H and O–H groups in total. The molecule has 4 rings (SSSR count). The smallest absolute Gasteiger partial charge is 0.259 e. The molecule has 0 spiro atoms. The monoisotopic (exact) mass is 397 g/mol. The standard InChI is InChI=1S/C23H16ClN5/c24-19-13-11-18(12-14-19)22-15-21(17-7-3-1-4-8-17)26-23(27-22)29(16-25)28-20-9-5-2-6-10-20/h1-15,28H. The molecular weight excluding hydrogens is 382 g/mol. The number of rotatable bonds is 5. The molecule has 0 bridgehead atoms. The number of hydrogen-bond donors (Lipinski definition) is 1. The van der Waals surface area contributed by atoms with Gasteiger partial charge in [0.2, 0.25) is 6.19 Å². The Balaban J connectivity index is 1.80. The van der Waals surface area contributed by atoms with E-state index in [1.807, 2.05) is 91.0 Å². The summed E-state index contributed by atoms with van der Waals surface area (Å²) in [4.78, 5) is 9.23. The fraction of sp³-hybridized carbons (Fsp3) is 0. The summed E-state index contributed by atoms with van der Waals surface area (Å²) < 4.78 is 0. The lowest BCUT2D eigenvalue weighted by atomic mass is 10.1. The first-order chi connectivity index (χ1) is 14.2. The van der Waals surface area contributed by atoms with Gasteiger partial charge < -0.3 is 0 Å². The summed E-state index contributed by atoms with van der Waals surface area (Å²) in [6, 6.07) is 28.5. The first kappa shape index (κ1) is 18.5. The molecular formula is C23H16ClN5. The number of benzene rings is 3. The summed E-state index contributed by atoms with van der Waals surface area (Å²) in [7, 11) is 0. The van der Waals surface area contributed by atoms with Crippen molar-refractivity contribution in [1.29, 1.82) is 5.26 Å². The van der Waals surface area contributed by atoms with Crippen LogP contribution < -0.4 is 10.4 Å². The van der Waals surface area contributed by atoms with Crippen LogP contribution in [-0.4, -0.2) is 9.97 Å². The molecule has 0 radical (unpaired) electrons. The molecule has 0 saturated carbocycles. The highest BCUT2D eigenvalue weighted by Gasteiger charge is 2.14. The number of halogens is 1. The highest BCUT2D eigenvalue weighted by atomic mass is 35.5. The van der Waals surface area contributed by atoms with E-state index in [0.29, 0.717) is 10.7 Å². The van der Waals surface area contributed by atoms with Crippen molar-refractivity contribution in [3.63, 3.8) is 0 Å². The summed E-state index contributed by atoms with van der Waals surface area (Å²) in [5, 5.41) is 11.6. The number of nitrogens with zero attached hydrogens (tertiary/aromatic N) is 4. The van der Waals surface area contributed by atoms with Gasteiger partial charge in [-0.15, -0.1) is 0 Å². The minimum absolute atomic E-state index is 0.252. The third-order valence-corrected chi connectivity index (χ3v) is 4.49. The number of hydrogen-bond acceptors (Lipinski definition) is 5. The quantitative estimate of drug-likeness (QED) is 0.263. The van der Waals surface area contributed by atoms with E-state index in [4.69, 9.17) is 11.6 Å². The van der Waals surface area contributed by atoms with Crippen LogP contribution in [0, 0.1) is 11.5 Å². The van der Waals surface area contributed by atoms with Crippen molar-refractivity contribution in [3.8, 4) is 28.7 Å². The highest BCUT2D eigenvalue weighted by molar-refractivity contribution is 6.30. The topological polar surface area (TPSA) is 64.8 Å². The number of nitriles is 1. The van der Waals surface area contributed by atoms with E-state index in [1.54, 1.807) is 0 Å². The lowest BCUT2D eigenvalue weighted by Crippen LogP contribution is -2.26. The fourth-order valence-corrected chi connectivity index (χ4v) is 2.95. The van der Waals surface area contributed by atoms with Gasteiger partial charge in [-0.1, -0.05) is 72.3 Å². The molecule has 4 aromatic rings. The maximum absolute atomic E-state index is 9.72. The van der Waals surface area contributed by atoms with E-state index in [0.717, 1.165) is 22.5 Å². The van der Waals surface area contributed by atoms with Crippen LogP contribution in [0.4, 0.5) is 11.6 Å². The van der Waals surface area contributed by atoms with Crippen LogP contribution in [0.2, 0.25) is 5.02 Å². The Labute approximate surface area is 173 Å². The SMILES string of the molecule is N#CN(Nc1ccccc1)c1nc(-c2ccccc2)cc(-c2ccc(Cl)cc2)n1. The van der Waals surface area contributed by atoms with Crippen molar-refractivity contribution >= 4 is 23.2 Å². The van der Waals surface area contributed by atoms with Crippen LogP contribution >= 0.6 is 11.6 Å².